The van der Waals surface area contributed by atoms with Crippen molar-refractivity contribution in [3.8, 4) is 0 Å². The van der Waals surface area contributed by atoms with Gasteiger partial charge in [0.1, 0.15) is 0 Å². The quantitative estimate of drug-likeness (QED) is 0.556. The number of hydrogen-bond donors (Lipinski definition) is 1. The monoisotopic (exact) mass is 177 g/mol. The Kier molecular flexibility index (Phi) is 2.95. The Hall–Kier alpha value is -1.93. The van der Waals surface area contributed by atoms with Crippen molar-refractivity contribution in [2.75, 3.05) is 0 Å². The molecule has 66 valence electrons. The zero-order valence-corrected chi connectivity index (χ0v) is 6.68. The van der Waals surface area contributed by atoms with Crippen LogP contribution in [0.3, 0.4) is 0 Å². The van der Waals surface area contributed by atoms with Crippen molar-refractivity contribution >= 4 is 12.0 Å². The predicted octanol–water partition coefficient (Wildman–Crippen LogP) is 1.15. The van der Waals surface area contributed by atoms with Gasteiger partial charge in [-0.1, -0.05) is 30.3 Å². The number of aliphatic imine (C=N–C) groups is 1. The zero-order valence-electron chi connectivity index (χ0n) is 6.68. The number of nitrogens with zero attached hydrogens (tertiary/aromatic N) is 1. The Morgan fingerprint density at radius 1 is 1.38 bits per heavy atom. The number of carbonyl (C=O) groups is 1. The number of benzene rings is 1. The van der Waals surface area contributed by atoms with Crippen molar-refractivity contribution in [3.05, 3.63) is 35.9 Å². The minimum absolute atomic E-state index is 0.471. The molecule has 0 saturated carbocycles. The Balaban J connectivity index is 3.02. The van der Waals surface area contributed by atoms with E-state index >= 15 is 0 Å². The van der Waals surface area contributed by atoms with Crippen LogP contribution in [0, 0.1) is 0 Å². The summed E-state index contributed by atoms with van der Waals surface area (Å²) in [4.78, 5) is 23.7. The van der Waals surface area contributed by atoms with Gasteiger partial charge in [-0.05, 0) is 5.56 Å². The van der Waals surface area contributed by atoms with Crippen molar-refractivity contribution in [2.24, 2.45) is 4.99 Å². The van der Waals surface area contributed by atoms with Crippen molar-refractivity contribution in [2.45, 2.75) is 6.04 Å². The van der Waals surface area contributed by atoms with E-state index in [1.165, 1.54) is 6.08 Å². The smallest absolute Gasteiger partial charge is 0.334 e. The molecule has 0 amide bonds. The summed E-state index contributed by atoms with van der Waals surface area (Å²) in [5.74, 6) is -1.16. The lowest BCUT2D eigenvalue weighted by Gasteiger charge is -2.03. The molecule has 1 aromatic rings. The van der Waals surface area contributed by atoms with Crippen LogP contribution >= 0.6 is 0 Å². The van der Waals surface area contributed by atoms with Crippen LogP contribution in [0.5, 0.6) is 0 Å². The van der Waals surface area contributed by atoms with Gasteiger partial charge in [-0.25, -0.2) is 9.59 Å². The standard InChI is InChI=1S/C9H7NO3/c11-6-10-8(9(12)13)7-4-2-1-3-5-7/h1-5,8H,(H,12,13). The van der Waals surface area contributed by atoms with Crippen molar-refractivity contribution in [1.29, 1.82) is 0 Å². The molecule has 0 radical (unpaired) electrons. The SMILES string of the molecule is O=C=NC(C(=O)O)c1ccccc1. The predicted molar refractivity (Wildman–Crippen MR) is 44.9 cm³/mol. The van der Waals surface area contributed by atoms with E-state index in [4.69, 9.17) is 5.11 Å². The molecule has 1 aromatic carbocycles. The Bertz CT molecular complexity index is 339. The molecule has 4 nitrogen and oxygen atoms in total. The van der Waals surface area contributed by atoms with Gasteiger partial charge in [0.2, 0.25) is 6.08 Å². The van der Waals surface area contributed by atoms with Gasteiger partial charge in [0.15, 0.2) is 6.04 Å². The average molecular weight is 177 g/mol. The second-order valence-corrected chi connectivity index (χ2v) is 2.37. The van der Waals surface area contributed by atoms with Crippen LogP contribution in [0.25, 0.3) is 0 Å². The molecule has 1 N–H and O–H groups in total. The molecule has 0 spiro atoms. The van der Waals surface area contributed by atoms with E-state index in [-0.39, 0.29) is 0 Å². The first-order valence-electron chi connectivity index (χ1n) is 3.60. The van der Waals surface area contributed by atoms with Gasteiger partial charge in [-0.15, -0.1) is 0 Å². The van der Waals surface area contributed by atoms with E-state index in [1.807, 2.05) is 0 Å². The molecule has 0 heterocycles. The lowest BCUT2D eigenvalue weighted by Crippen LogP contribution is -2.08. The molecule has 4 heteroatoms. The third-order valence-corrected chi connectivity index (χ3v) is 1.53. The number of carboxylic acid groups (broad SMARTS) is 1. The van der Waals surface area contributed by atoms with E-state index < -0.39 is 12.0 Å². The normalized spacial score (nSPS) is 11.4. The fourth-order valence-corrected chi connectivity index (χ4v) is 0.960. The zero-order chi connectivity index (χ0) is 9.68. The molecule has 1 unspecified atom stereocenters. The van der Waals surface area contributed by atoms with Crippen LogP contribution in [0.15, 0.2) is 35.3 Å². The van der Waals surface area contributed by atoms with Crippen LogP contribution in [0.1, 0.15) is 11.6 Å². The average Bonchev–Trinajstić information content (AvgIpc) is 2.15. The molecule has 0 bridgehead atoms. The first-order valence-corrected chi connectivity index (χ1v) is 3.60. The maximum absolute atomic E-state index is 10.6. The maximum Gasteiger partial charge on any atom is 0.334 e. The summed E-state index contributed by atoms with van der Waals surface area (Å²) in [7, 11) is 0. The number of hydrogen-bond acceptors (Lipinski definition) is 3. The van der Waals surface area contributed by atoms with Gasteiger partial charge in [-0.3, -0.25) is 0 Å². The number of rotatable bonds is 3. The van der Waals surface area contributed by atoms with Crippen LogP contribution in [0.4, 0.5) is 0 Å². The molecule has 0 aliphatic heterocycles. The highest BCUT2D eigenvalue weighted by Gasteiger charge is 2.17. The van der Waals surface area contributed by atoms with Gasteiger partial charge >= 0.3 is 5.97 Å². The largest absolute Gasteiger partial charge is 0.479 e. The summed E-state index contributed by atoms with van der Waals surface area (Å²) in [6.07, 6.45) is 1.24. The lowest BCUT2D eigenvalue weighted by molar-refractivity contribution is -0.138. The molecule has 1 rings (SSSR count). The summed E-state index contributed by atoms with van der Waals surface area (Å²) in [6.45, 7) is 0. The molecule has 0 aliphatic carbocycles. The second-order valence-electron chi connectivity index (χ2n) is 2.37. The van der Waals surface area contributed by atoms with E-state index in [2.05, 4.69) is 4.99 Å². The van der Waals surface area contributed by atoms with Crippen LogP contribution in [-0.4, -0.2) is 17.2 Å². The summed E-state index contributed by atoms with van der Waals surface area (Å²) in [5.41, 5.74) is 0.471. The number of aliphatic carboxylic acids is 1. The van der Waals surface area contributed by atoms with Gasteiger partial charge in [0.05, 0.1) is 0 Å². The molecule has 0 aliphatic rings. The number of carboxylic acids is 1. The van der Waals surface area contributed by atoms with Crippen molar-refractivity contribution in [1.82, 2.24) is 0 Å². The summed E-state index contributed by atoms with van der Waals surface area (Å²) in [5, 5.41) is 8.69. The fraction of sp³-hybridized carbons (Fsp3) is 0.111. The minimum Gasteiger partial charge on any atom is -0.479 e. The highest BCUT2D eigenvalue weighted by Crippen LogP contribution is 2.15. The molecular weight excluding hydrogens is 170 g/mol. The fourth-order valence-electron chi connectivity index (χ4n) is 0.960. The molecular formula is C9H7NO3. The van der Waals surface area contributed by atoms with Crippen LogP contribution < -0.4 is 0 Å². The van der Waals surface area contributed by atoms with Crippen LogP contribution in [0.2, 0.25) is 0 Å². The molecule has 0 fully saturated rings. The summed E-state index contributed by atoms with van der Waals surface area (Å²) in [6, 6.07) is 7.18. The van der Waals surface area contributed by atoms with Gasteiger partial charge in [-0.2, -0.15) is 4.99 Å². The number of isocyanates is 1. The highest BCUT2D eigenvalue weighted by molar-refractivity contribution is 5.76. The van der Waals surface area contributed by atoms with Gasteiger partial charge in [0, 0.05) is 0 Å². The Morgan fingerprint density at radius 2 is 2.00 bits per heavy atom. The second kappa shape index (κ2) is 4.18. The number of carbonyl (C=O) groups excluding carboxylic acids is 1. The molecule has 1 atom stereocenters. The molecule has 0 saturated heterocycles. The Labute approximate surface area is 74.5 Å². The third-order valence-electron chi connectivity index (χ3n) is 1.53. The third kappa shape index (κ3) is 2.25. The lowest BCUT2D eigenvalue weighted by atomic mass is 10.1. The summed E-state index contributed by atoms with van der Waals surface area (Å²) >= 11 is 0. The minimum atomic E-state index is -1.16. The van der Waals surface area contributed by atoms with Gasteiger partial charge in [0.25, 0.3) is 0 Å². The van der Waals surface area contributed by atoms with Crippen molar-refractivity contribution in [3.63, 3.8) is 0 Å². The first kappa shape index (κ1) is 9.16. The Morgan fingerprint density at radius 3 is 2.46 bits per heavy atom. The molecule has 13 heavy (non-hydrogen) atoms. The summed E-state index contributed by atoms with van der Waals surface area (Å²) < 4.78 is 0. The van der Waals surface area contributed by atoms with Gasteiger partial charge < -0.3 is 5.11 Å². The highest BCUT2D eigenvalue weighted by atomic mass is 16.4. The van der Waals surface area contributed by atoms with E-state index in [1.54, 1.807) is 30.3 Å². The first-order chi connectivity index (χ1) is 6.25. The van der Waals surface area contributed by atoms with E-state index in [0.29, 0.717) is 5.56 Å². The van der Waals surface area contributed by atoms with E-state index in [0.717, 1.165) is 0 Å². The van der Waals surface area contributed by atoms with Crippen molar-refractivity contribution < 1.29 is 14.7 Å². The molecule has 0 aromatic heterocycles. The van der Waals surface area contributed by atoms with Crippen LogP contribution in [-0.2, 0) is 9.59 Å². The maximum atomic E-state index is 10.6. The topological polar surface area (TPSA) is 66.7 Å². The van der Waals surface area contributed by atoms with E-state index in [9.17, 15) is 9.59 Å².